The van der Waals surface area contributed by atoms with Gasteiger partial charge in [-0.05, 0) is 24.3 Å². The van der Waals surface area contributed by atoms with Crippen LogP contribution >= 0.6 is 31.5 Å². The van der Waals surface area contributed by atoms with E-state index < -0.39 is 26.9 Å². The van der Waals surface area contributed by atoms with Gasteiger partial charge in [0.15, 0.2) is 23.6 Å². The second-order valence-electron chi connectivity index (χ2n) is 7.77. The van der Waals surface area contributed by atoms with Gasteiger partial charge >= 0.3 is 70.6 Å². The number of hydrogen-bond donors (Lipinski definition) is 0. The zero-order valence-electron chi connectivity index (χ0n) is 18.2. The third-order valence-corrected chi connectivity index (χ3v) is 16.6. The fourth-order valence-corrected chi connectivity index (χ4v) is 12.3. The van der Waals surface area contributed by atoms with Crippen molar-refractivity contribution in [2.75, 3.05) is 52.4 Å². The van der Waals surface area contributed by atoms with Crippen molar-refractivity contribution in [2.24, 2.45) is 0 Å². The van der Waals surface area contributed by atoms with Crippen LogP contribution in [0, 0.1) is 18.8 Å². The van der Waals surface area contributed by atoms with E-state index in [9.17, 15) is 0 Å². The molecule has 0 spiro atoms. The van der Waals surface area contributed by atoms with Gasteiger partial charge in [-0.1, -0.05) is 36.4 Å². The Kier molecular flexibility index (Phi) is 13.1. The molecule has 196 valence electrons. The van der Waals surface area contributed by atoms with E-state index in [1.165, 1.54) is 63.0 Å². The maximum Gasteiger partial charge on any atom is 0.286 e. The Morgan fingerprint density at radius 3 is 1.00 bits per heavy atom. The van der Waals surface area contributed by atoms with E-state index in [-0.39, 0.29) is 0 Å². The van der Waals surface area contributed by atoms with Gasteiger partial charge in [-0.15, -0.1) is 0 Å². The standard InChI is InChI=1S/2C10H13N2PS.4ClH.2Pt/c2*14-13(11-6-7-11,12-8-9-12)10-4-2-1-3-5-10;;;;;;/h2*1-5H,6-9H2;4*1H;;/q;;;;;;+1;+3. The van der Waals surface area contributed by atoms with Crippen molar-refractivity contribution in [1.82, 2.24) is 18.7 Å². The van der Waals surface area contributed by atoms with Gasteiger partial charge in [-0.25, -0.2) is 18.7 Å². The summed E-state index contributed by atoms with van der Waals surface area (Å²) in [7, 11) is 18.4. The SMILES string of the molecule is [Cl][Pt].[Cl][Pt]([ClH+])[ClH+].[SH+]=P(c1ccccc1)(N1CC1)N1CC1.[SH+]=P(c1ccccc1)(N1CC1)N1CC1. The maximum atomic E-state index is 5.06. The van der Waals surface area contributed by atoms with Crippen molar-refractivity contribution in [2.45, 2.75) is 0 Å². The number of halogens is 4. The van der Waals surface area contributed by atoms with Crippen molar-refractivity contribution in [3.8, 4) is 0 Å². The first-order valence-electron chi connectivity index (χ1n) is 10.5. The number of rotatable bonds is 6. The molecule has 4 saturated heterocycles. The molecule has 0 aliphatic carbocycles. The molecule has 2 aromatic rings. The van der Waals surface area contributed by atoms with Crippen LogP contribution in [0.1, 0.15) is 0 Å². The number of hydrogen-bond acceptors (Lipinski definition) is 0. The van der Waals surface area contributed by atoms with Crippen LogP contribution in [-0.2, 0) is 56.6 Å². The number of benzene rings is 2. The molecule has 0 radical (unpaired) electrons. The van der Waals surface area contributed by atoms with Crippen molar-refractivity contribution < 1.29 is 51.8 Å². The van der Waals surface area contributed by atoms with Crippen LogP contribution in [-0.4, -0.2) is 71.0 Å². The molecule has 4 aliphatic heterocycles. The molecule has 0 atom stereocenters. The van der Waals surface area contributed by atoms with Gasteiger partial charge in [0, 0.05) is 52.4 Å². The van der Waals surface area contributed by atoms with E-state index in [2.05, 4.69) is 108 Å². The topological polar surface area (TPSA) is 12.0 Å². The van der Waals surface area contributed by atoms with Crippen LogP contribution in [0.3, 0.4) is 0 Å². The molecule has 4 fully saturated rings. The van der Waals surface area contributed by atoms with E-state index in [4.69, 9.17) is 33.0 Å². The molecule has 6 rings (SSSR count). The second-order valence-corrected chi connectivity index (χ2v) is 27.6. The Hall–Kier alpha value is 2.12. The average Bonchev–Trinajstić information content (AvgIpc) is 3.72. The minimum atomic E-state index is -1.63. The van der Waals surface area contributed by atoms with Crippen LogP contribution < -0.4 is 10.6 Å². The Morgan fingerprint density at radius 2 is 0.824 bits per heavy atom. The first-order valence-corrected chi connectivity index (χ1v) is 27.9. The monoisotopic (exact) mass is 982 g/mol. The molecule has 4 heterocycles. The van der Waals surface area contributed by atoms with Crippen LogP contribution in [0.5, 0.6) is 0 Å². The second kappa shape index (κ2) is 14.5. The van der Waals surface area contributed by atoms with Crippen molar-refractivity contribution in [3.63, 3.8) is 0 Å². The summed E-state index contributed by atoms with van der Waals surface area (Å²) in [6, 6.07) is 21.5. The summed E-state index contributed by atoms with van der Waals surface area (Å²) in [5.74, 6) is 0. The van der Waals surface area contributed by atoms with Gasteiger partial charge in [-0.2, -0.15) is 0 Å². The Bertz CT molecular complexity index is 884. The smallest absolute Gasteiger partial charge is 0.222 e. The largest absolute Gasteiger partial charge is 0.286 e. The first-order chi connectivity index (χ1) is 16.4. The molecule has 34 heavy (non-hydrogen) atoms. The fourth-order valence-electron chi connectivity index (χ4n) is 3.56. The average molecular weight is 985 g/mol. The van der Waals surface area contributed by atoms with E-state index in [1.807, 2.05) is 0 Å². The van der Waals surface area contributed by atoms with E-state index in [0.717, 1.165) is 0 Å². The maximum absolute atomic E-state index is 5.06. The van der Waals surface area contributed by atoms with Crippen molar-refractivity contribution in [3.05, 3.63) is 60.7 Å². The fraction of sp³-hybridized carbons (Fsp3) is 0.400. The summed E-state index contributed by atoms with van der Waals surface area (Å²) >= 11 is 9.95. The number of thiol groups is 2. The molecule has 14 heteroatoms. The molecule has 0 aromatic heterocycles. The molecular formula is C20H30Cl4N4P2Pt2S2+4. The zero-order chi connectivity index (χ0) is 24.8. The zero-order valence-corrected chi connectivity index (χ0v) is 29.5. The molecule has 0 bridgehead atoms. The van der Waals surface area contributed by atoms with Gasteiger partial charge in [-0.3, -0.25) is 0 Å². The third kappa shape index (κ3) is 8.56. The predicted octanol–water partition coefficient (Wildman–Crippen LogP) is 2.81. The third-order valence-electron chi connectivity index (χ3n) is 5.48. The van der Waals surface area contributed by atoms with E-state index in [1.54, 1.807) is 18.8 Å². The van der Waals surface area contributed by atoms with Crippen molar-refractivity contribution in [1.29, 1.82) is 0 Å². The minimum absolute atomic E-state index is 1.22. The first kappa shape index (κ1) is 30.7. The molecule has 0 N–H and O–H groups in total. The normalized spacial score (nSPS) is 19.9. The van der Waals surface area contributed by atoms with Gasteiger partial charge < -0.3 is 0 Å². The minimum Gasteiger partial charge on any atom is -0.222 e. The molecule has 0 saturated carbocycles. The van der Waals surface area contributed by atoms with Gasteiger partial charge in [0.25, 0.3) is 12.7 Å². The van der Waals surface area contributed by atoms with Crippen LogP contribution in [0.25, 0.3) is 0 Å². The summed E-state index contributed by atoms with van der Waals surface area (Å²) in [4.78, 5) is 0. The van der Waals surface area contributed by atoms with Gasteiger partial charge in [0.2, 0.25) is 0 Å². The van der Waals surface area contributed by atoms with E-state index >= 15 is 0 Å². The van der Waals surface area contributed by atoms with E-state index in [0.29, 0.717) is 0 Å². The molecular weight excluding hydrogens is 954 g/mol. The summed E-state index contributed by atoms with van der Waals surface area (Å²) in [6.45, 7) is 9.80. The quantitative estimate of drug-likeness (QED) is 0.191. The van der Waals surface area contributed by atoms with Crippen LogP contribution in [0.2, 0.25) is 0 Å². The van der Waals surface area contributed by atoms with Crippen LogP contribution in [0.4, 0.5) is 0 Å². The summed E-state index contributed by atoms with van der Waals surface area (Å²) < 4.78 is 10.0. The summed E-state index contributed by atoms with van der Waals surface area (Å²) in [5.41, 5.74) is 0. The number of nitrogens with zero attached hydrogens (tertiary/aromatic N) is 4. The molecule has 2 aromatic carbocycles. The molecule has 0 amide bonds. The molecule has 4 nitrogen and oxygen atoms in total. The van der Waals surface area contributed by atoms with Gasteiger partial charge in [0.1, 0.15) is 0 Å². The van der Waals surface area contributed by atoms with Crippen molar-refractivity contribution >= 4 is 65.7 Å². The summed E-state index contributed by atoms with van der Waals surface area (Å²) in [6.07, 6.45) is -2.76. The Labute approximate surface area is 246 Å². The molecule has 4 aliphatic rings. The summed E-state index contributed by atoms with van der Waals surface area (Å²) in [5, 5.41) is 2.83. The molecule has 0 unspecified atom stereocenters. The Morgan fingerprint density at radius 1 is 0.618 bits per heavy atom. The van der Waals surface area contributed by atoms with Gasteiger partial charge in [0.05, 0.1) is 10.6 Å². The Balaban J connectivity index is 0.000000156. The van der Waals surface area contributed by atoms with Crippen LogP contribution in [0.15, 0.2) is 60.7 Å². The predicted molar refractivity (Wildman–Crippen MR) is 144 cm³/mol.